The van der Waals surface area contributed by atoms with Crippen LogP contribution in [0.25, 0.3) is 0 Å². The summed E-state index contributed by atoms with van der Waals surface area (Å²) in [4.78, 5) is 26.8. The van der Waals surface area contributed by atoms with Crippen LogP contribution in [0.4, 0.5) is 0 Å². The zero-order valence-electron chi connectivity index (χ0n) is 6.51. The minimum Gasteiger partial charge on any atom is -0.492 e. The number of hydrogen-bond acceptors (Lipinski definition) is 4. The van der Waals surface area contributed by atoms with Crippen molar-refractivity contribution in [3.05, 3.63) is 24.3 Å². The zero-order valence-corrected chi connectivity index (χ0v) is 7.40. The predicted molar refractivity (Wildman–Crippen MR) is 46.2 cm³/mol. The lowest BCUT2D eigenvalue weighted by Crippen LogP contribution is -2.12. The van der Waals surface area contributed by atoms with Gasteiger partial charge in [-0.1, -0.05) is 12.1 Å². The topological polar surface area (TPSA) is 69.9 Å². The van der Waals surface area contributed by atoms with E-state index in [1.807, 2.05) is 0 Å². The highest BCUT2D eigenvalue weighted by Crippen LogP contribution is 2.45. The van der Waals surface area contributed by atoms with Gasteiger partial charge in [0.1, 0.15) is 0 Å². The molecule has 0 radical (unpaired) electrons. The summed E-state index contributed by atoms with van der Waals surface area (Å²) in [5.41, 5.74) is 0. The molecular weight excluding hydrogens is 179 g/mol. The van der Waals surface area contributed by atoms with Crippen molar-refractivity contribution in [2.24, 2.45) is 0 Å². The van der Waals surface area contributed by atoms with Crippen LogP contribution in [-0.4, -0.2) is 21.8 Å². The third-order valence-electron chi connectivity index (χ3n) is 1.41. The molecule has 0 amide bonds. The normalized spacial score (nSPS) is 11.3. The first kappa shape index (κ1) is 9.42. The monoisotopic (exact) mass is 189 g/mol. The van der Waals surface area contributed by atoms with Gasteiger partial charge in [-0.2, -0.15) is 14.7 Å². The summed E-state index contributed by atoms with van der Waals surface area (Å²) < 4.78 is 4.82. The Bertz CT molecular complexity index is 268. The van der Waals surface area contributed by atoms with Gasteiger partial charge in [-0.3, -0.25) is 0 Å². The third kappa shape index (κ3) is 1.93. The molecule has 1 aromatic rings. The maximum atomic E-state index is 8.94. The van der Waals surface area contributed by atoms with Gasteiger partial charge in [0.25, 0.3) is 0 Å². The first-order valence-corrected chi connectivity index (χ1v) is 4.91. The van der Waals surface area contributed by atoms with E-state index in [1.165, 1.54) is 13.2 Å². The summed E-state index contributed by atoms with van der Waals surface area (Å²) in [5.74, 6) is 0.276. The number of para-hydroxylation sites is 1. The van der Waals surface area contributed by atoms with Gasteiger partial charge in [0.15, 0.2) is 5.75 Å². The quantitative estimate of drug-likeness (QED) is 0.575. The SMILES string of the molecule is COc1ccccc1[P+](O)(O)O. The molecule has 5 heteroatoms. The molecule has 0 bridgehead atoms. The average Bonchev–Trinajstić information content (AvgIpc) is 2.03. The Labute approximate surface area is 70.6 Å². The van der Waals surface area contributed by atoms with Crippen molar-refractivity contribution in [2.45, 2.75) is 0 Å². The fourth-order valence-electron chi connectivity index (χ4n) is 0.878. The molecule has 0 saturated carbocycles. The Hall–Kier alpha value is -0.670. The molecule has 0 aliphatic heterocycles. The van der Waals surface area contributed by atoms with Crippen molar-refractivity contribution >= 4 is 13.2 Å². The molecule has 0 spiro atoms. The van der Waals surface area contributed by atoms with Crippen LogP contribution in [0.15, 0.2) is 24.3 Å². The van der Waals surface area contributed by atoms with Crippen molar-refractivity contribution in [1.82, 2.24) is 0 Å². The fraction of sp³-hybridized carbons (Fsp3) is 0.143. The molecular formula is C7H10O4P+. The van der Waals surface area contributed by atoms with E-state index in [0.717, 1.165) is 0 Å². The van der Waals surface area contributed by atoms with E-state index >= 15 is 0 Å². The molecule has 0 heterocycles. The molecule has 0 saturated heterocycles. The number of ether oxygens (including phenoxy) is 1. The van der Waals surface area contributed by atoms with Gasteiger partial charge in [-0.25, -0.2) is 0 Å². The molecule has 12 heavy (non-hydrogen) atoms. The van der Waals surface area contributed by atoms with E-state index in [2.05, 4.69) is 0 Å². The molecule has 0 fully saturated rings. The van der Waals surface area contributed by atoms with Crippen molar-refractivity contribution in [3.63, 3.8) is 0 Å². The van der Waals surface area contributed by atoms with E-state index in [4.69, 9.17) is 19.4 Å². The second-order valence-electron chi connectivity index (χ2n) is 2.24. The zero-order chi connectivity index (χ0) is 9.19. The molecule has 1 rings (SSSR count). The van der Waals surface area contributed by atoms with E-state index < -0.39 is 7.94 Å². The van der Waals surface area contributed by atoms with E-state index in [0.29, 0.717) is 0 Å². The second kappa shape index (κ2) is 3.37. The van der Waals surface area contributed by atoms with E-state index in [-0.39, 0.29) is 11.1 Å². The Kier molecular flexibility index (Phi) is 2.65. The largest absolute Gasteiger partial charge is 0.492 e. The van der Waals surface area contributed by atoms with Crippen LogP contribution >= 0.6 is 7.94 Å². The van der Waals surface area contributed by atoms with Crippen molar-refractivity contribution in [3.8, 4) is 5.75 Å². The number of benzene rings is 1. The highest BCUT2D eigenvalue weighted by atomic mass is 31.2. The Morgan fingerprint density at radius 1 is 1.17 bits per heavy atom. The Morgan fingerprint density at radius 2 is 1.75 bits per heavy atom. The van der Waals surface area contributed by atoms with Gasteiger partial charge in [0, 0.05) is 0 Å². The van der Waals surface area contributed by atoms with Crippen molar-refractivity contribution in [1.29, 1.82) is 0 Å². The van der Waals surface area contributed by atoms with Crippen molar-refractivity contribution < 1.29 is 19.4 Å². The van der Waals surface area contributed by atoms with Crippen LogP contribution in [0.3, 0.4) is 0 Å². The predicted octanol–water partition coefficient (Wildman–Crippen LogP) is 0.0600. The summed E-state index contributed by atoms with van der Waals surface area (Å²) >= 11 is 0. The van der Waals surface area contributed by atoms with Gasteiger partial charge in [-0.05, 0) is 12.1 Å². The van der Waals surface area contributed by atoms with Gasteiger partial charge in [0.05, 0.1) is 7.11 Å². The first-order chi connectivity index (χ1) is 5.55. The van der Waals surface area contributed by atoms with Gasteiger partial charge < -0.3 is 4.74 Å². The van der Waals surface area contributed by atoms with Crippen LogP contribution in [0, 0.1) is 0 Å². The molecule has 0 unspecified atom stereocenters. The highest BCUT2D eigenvalue weighted by Gasteiger charge is 2.37. The molecule has 0 aromatic heterocycles. The summed E-state index contributed by atoms with van der Waals surface area (Å²) in [6, 6.07) is 6.23. The maximum Gasteiger partial charge on any atom is 0.444 e. The Morgan fingerprint density at radius 3 is 2.17 bits per heavy atom. The molecule has 66 valence electrons. The smallest absolute Gasteiger partial charge is 0.444 e. The summed E-state index contributed by atoms with van der Waals surface area (Å²) in [6.45, 7) is 0. The molecule has 0 aliphatic rings. The molecule has 4 nitrogen and oxygen atoms in total. The molecule has 3 N–H and O–H groups in total. The number of rotatable bonds is 2. The van der Waals surface area contributed by atoms with Crippen LogP contribution in [-0.2, 0) is 0 Å². The number of hydrogen-bond donors (Lipinski definition) is 3. The highest BCUT2D eigenvalue weighted by molar-refractivity contribution is 7.67. The van der Waals surface area contributed by atoms with E-state index in [1.54, 1.807) is 18.2 Å². The molecule has 1 aromatic carbocycles. The van der Waals surface area contributed by atoms with Gasteiger partial charge in [-0.15, -0.1) is 0 Å². The third-order valence-corrected chi connectivity index (χ3v) is 2.42. The maximum absolute atomic E-state index is 8.94. The lowest BCUT2D eigenvalue weighted by atomic mass is 10.3. The lowest BCUT2D eigenvalue weighted by molar-refractivity contribution is 0.343. The van der Waals surface area contributed by atoms with Crippen LogP contribution in [0.1, 0.15) is 0 Å². The van der Waals surface area contributed by atoms with Crippen LogP contribution < -0.4 is 10.0 Å². The lowest BCUT2D eigenvalue weighted by Gasteiger charge is -2.07. The minimum absolute atomic E-state index is 0.0347. The summed E-state index contributed by atoms with van der Waals surface area (Å²) in [5, 5.41) is 0.0347. The summed E-state index contributed by atoms with van der Waals surface area (Å²) in [6.07, 6.45) is 0. The number of methoxy groups -OCH3 is 1. The van der Waals surface area contributed by atoms with Crippen LogP contribution in [0.2, 0.25) is 0 Å². The standard InChI is InChI=1S/C7H10O4P/c1-11-6-4-2-3-5-7(6)12(8,9)10/h2-5,8-10H,1H3/q+1. The Balaban J connectivity index is 3.14. The summed E-state index contributed by atoms with van der Waals surface area (Å²) in [7, 11) is -2.55. The first-order valence-electron chi connectivity index (χ1n) is 3.26. The van der Waals surface area contributed by atoms with Gasteiger partial charge >= 0.3 is 7.94 Å². The van der Waals surface area contributed by atoms with Gasteiger partial charge in [0.2, 0.25) is 5.30 Å². The molecule has 0 aliphatic carbocycles. The van der Waals surface area contributed by atoms with Crippen molar-refractivity contribution in [2.75, 3.05) is 7.11 Å². The fourth-order valence-corrected chi connectivity index (χ4v) is 1.63. The second-order valence-corrected chi connectivity index (χ2v) is 3.86. The molecule has 0 atom stereocenters. The van der Waals surface area contributed by atoms with Crippen LogP contribution in [0.5, 0.6) is 5.75 Å². The minimum atomic E-state index is -3.95. The van der Waals surface area contributed by atoms with E-state index in [9.17, 15) is 0 Å². The average molecular weight is 189 g/mol.